The first-order valence-electron chi connectivity index (χ1n) is 3.46. The van der Waals surface area contributed by atoms with E-state index in [1.54, 1.807) is 19.1 Å². The lowest BCUT2D eigenvalue weighted by atomic mass is 10.1. The van der Waals surface area contributed by atoms with E-state index in [1.807, 2.05) is 0 Å². The van der Waals surface area contributed by atoms with Crippen molar-refractivity contribution in [3.8, 4) is 0 Å². The summed E-state index contributed by atoms with van der Waals surface area (Å²) in [5.74, 6) is -0.326. The number of hydrogen-bond acceptors (Lipinski definition) is 0. The van der Waals surface area contributed by atoms with Crippen molar-refractivity contribution in [1.29, 1.82) is 0 Å². The lowest BCUT2D eigenvalue weighted by Gasteiger charge is -2.01. The molecule has 0 spiro atoms. The quantitative estimate of drug-likeness (QED) is 0.647. The van der Waals surface area contributed by atoms with Crippen LogP contribution in [-0.2, 0) is 0 Å². The molecule has 0 heterocycles. The summed E-state index contributed by atoms with van der Waals surface area (Å²) in [6.45, 7) is 8.42. The van der Waals surface area contributed by atoms with Crippen molar-refractivity contribution in [3.05, 3.63) is 45.5 Å². The summed E-state index contributed by atoms with van der Waals surface area (Å²) in [7, 11) is 0. The van der Waals surface area contributed by atoms with Crippen LogP contribution in [0.5, 0.6) is 0 Å². The van der Waals surface area contributed by atoms with Gasteiger partial charge in [-0.05, 0) is 18.2 Å². The molecular weight excluding hydrogens is 221 g/mol. The van der Waals surface area contributed by atoms with Crippen molar-refractivity contribution in [1.82, 2.24) is 0 Å². The zero-order chi connectivity index (χ0) is 9.14. The second-order valence-corrected chi connectivity index (χ2v) is 3.39. The highest BCUT2D eigenvalue weighted by Gasteiger charge is 2.13. The normalized spacial score (nSPS) is 12.2. The molecule has 1 rings (SSSR count). The van der Waals surface area contributed by atoms with Crippen molar-refractivity contribution >= 4 is 15.9 Å². The van der Waals surface area contributed by atoms with Crippen LogP contribution in [0.4, 0.5) is 4.39 Å². The van der Waals surface area contributed by atoms with E-state index in [1.165, 1.54) is 6.07 Å². The van der Waals surface area contributed by atoms with Gasteiger partial charge in [0.1, 0.15) is 5.82 Å². The molecule has 0 aliphatic rings. The molecule has 1 atom stereocenters. The summed E-state index contributed by atoms with van der Waals surface area (Å²) in [6, 6.07) is 4.33. The van der Waals surface area contributed by atoms with E-state index in [2.05, 4.69) is 20.8 Å². The van der Waals surface area contributed by atoms with Gasteiger partial charge >= 0.3 is 0 Å². The van der Waals surface area contributed by atoms with Crippen LogP contribution in [0.2, 0.25) is 0 Å². The minimum absolute atomic E-state index is 0.326. The molecule has 1 aromatic rings. The van der Waals surface area contributed by atoms with Gasteiger partial charge < -0.3 is 4.85 Å². The molecule has 3 heteroatoms. The van der Waals surface area contributed by atoms with Crippen LogP contribution in [0.15, 0.2) is 22.7 Å². The van der Waals surface area contributed by atoms with Crippen LogP contribution in [-0.4, -0.2) is 0 Å². The van der Waals surface area contributed by atoms with Gasteiger partial charge in [0.2, 0.25) is 6.04 Å². The lowest BCUT2D eigenvalue weighted by Crippen LogP contribution is -1.91. The molecule has 1 nitrogen and oxygen atoms in total. The minimum Gasteiger partial charge on any atom is -0.309 e. The Morgan fingerprint density at radius 2 is 2.25 bits per heavy atom. The minimum atomic E-state index is -0.405. The first kappa shape index (κ1) is 9.21. The number of hydrogen-bond donors (Lipinski definition) is 0. The molecule has 0 fully saturated rings. The van der Waals surface area contributed by atoms with Gasteiger partial charge in [0, 0.05) is 11.4 Å². The fourth-order valence-electron chi connectivity index (χ4n) is 0.910. The standard InChI is InChI=1S/C9H7BrFN/c1-6(12-2)8-4-3-7(10)5-9(8)11/h3-6H,1H3. The highest BCUT2D eigenvalue weighted by Crippen LogP contribution is 2.22. The van der Waals surface area contributed by atoms with Gasteiger partial charge in [0.15, 0.2) is 0 Å². The summed E-state index contributed by atoms with van der Waals surface area (Å²) < 4.78 is 13.8. The van der Waals surface area contributed by atoms with Crippen LogP contribution >= 0.6 is 15.9 Å². The van der Waals surface area contributed by atoms with Gasteiger partial charge in [-0.1, -0.05) is 15.9 Å². The van der Waals surface area contributed by atoms with Gasteiger partial charge in [0.25, 0.3) is 0 Å². The molecular formula is C9H7BrFN. The van der Waals surface area contributed by atoms with E-state index >= 15 is 0 Å². The maximum atomic E-state index is 13.1. The topological polar surface area (TPSA) is 4.36 Å². The highest BCUT2D eigenvalue weighted by molar-refractivity contribution is 9.10. The predicted molar refractivity (Wildman–Crippen MR) is 49.1 cm³/mol. The Hall–Kier alpha value is -0.880. The second kappa shape index (κ2) is 3.68. The fourth-order valence-corrected chi connectivity index (χ4v) is 1.24. The van der Waals surface area contributed by atoms with Gasteiger partial charge in [-0.15, -0.1) is 0 Å². The Kier molecular flexibility index (Phi) is 2.83. The van der Waals surface area contributed by atoms with Gasteiger partial charge in [-0.25, -0.2) is 11.0 Å². The molecule has 0 N–H and O–H groups in total. The van der Waals surface area contributed by atoms with Gasteiger partial charge in [-0.2, -0.15) is 0 Å². The van der Waals surface area contributed by atoms with Crippen molar-refractivity contribution < 1.29 is 4.39 Å². The van der Waals surface area contributed by atoms with E-state index < -0.39 is 6.04 Å². The third kappa shape index (κ3) is 1.83. The largest absolute Gasteiger partial charge is 0.309 e. The maximum Gasteiger partial charge on any atom is 0.248 e. The summed E-state index contributed by atoms with van der Waals surface area (Å²) in [5.41, 5.74) is 0.452. The zero-order valence-corrected chi connectivity index (χ0v) is 8.10. The average molecular weight is 228 g/mol. The maximum absolute atomic E-state index is 13.1. The van der Waals surface area contributed by atoms with E-state index in [9.17, 15) is 4.39 Å². The first-order valence-corrected chi connectivity index (χ1v) is 4.26. The van der Waals surface area contributed by atoms with Crippen LogP contribution in [0.25, 0.3) is 4.85 Å². The summed E-state index contributed by atoms with van der Waals surface area (Å²) in [4.78, 5) is 3.24. The molecule has 1 aromatic carbocycles. The SMILES string of the molecule is [C-]#[N+]C(C)c1ccc(Br)cc1F. The van der Waals surface area contributed by atoms with E-state index in [4.69, 9.17) is 6.57 Å². The van der Waals surface area contributed by atoms with Gasteiger partial charge in [0.05, 0.1) is 5.56 Å². The monoisotopic (exact) mass is 227 g/mol. The van der Waals surface area contributed by atoms with Crippen molar-refractivity contribution in [3.63, 3.8) is 0 Å². The van der Waals surface area contributed by atoms with E-state index in [0.29, 0.717) is 10.0 Å². The van der Waals surface area contributed by atoms with Crippen molar-refractivity contribution in [2.45, 2.75) is 13.0 Å². The molecule has 12 heavy (non-hydrogen) atoms. The lowest BCUT2D eigenvalue weighted by molar-refractivity contribution is 0.604. The Morgan fingerprint density at radius 3 is 2.75 bits per heavy atom. The molecule has 0 aliphatic carbocycles. The summed E-state index contributed by atoms with van der Waals surface area (Å²) >= 11 is 3.15. The van der Waals surface area contributed by atoms with Crippen LogP contribution in [0, 0.1) is 12.4 Å². The Labute approximate surface area is 79.2 Å². The summed E-state index contributed by atoms with van der Waals surface area (Å²) in [6.07, 6.45) is 0. The molecule has 0 bridgehead atoms. The van der Waals surface area contributed by atoms with Crippen LogP contribution < -0.4 is 0 Å². The Bertz CT molecular complexity index is 330. The number of benzene rings is 1. The predicted octanol–water partition coefficient (Wildman–Crippen LogP) is 3.57. The number of halogens is 2. The highest BCUT2D eigenvalue weighted by atomic mass is 79.9. The molecule has 0 radical (unpaired) electrons. The third-order valence-electron chi connectivity index (χ3n) is 1.61. The first-order chi connectivity index (χ1) is 5.65. The second-order valence-electron chi connectivity index (χ2n) is 2.47. The third-order valence-corrected chi connectivity index (χ3v) is 2.10. The Balaban J connectivity index is 3.11. The van der Waals surface area contributed by atoms with E-state index in [-0.39, 0.29) is 5.82 Å². The molecule has 0 saturated carbocycles. The van der Waals surface area contributed by atoms with Crippen LogP contribution in [0.1, 0.15) is 18.5 Å². The van der Waals surface area contributed by atoms with E-state index in [0.717, 1.165) is 0 Å². The Morgan fingerprint density at radius 1 is 1.58 bits per heavy atom. The molecule has 0 aromatic heterocycles. The van der Waals surface area contributed by atoms with Crippen LogP contribution in [0.3, 0.4) is 0 Å². The molecule has 1 unspecified atom stereocenters. The zero-order valence-electron chi connectivity index (χ0n) is 6.51. The van der Waals surface area contributed by atoms with Gasteiger partial charge in [-0.3, -0.25) is 0 Å². The molecule has 0 aliphatic heterocycles. The molecule has 0 saturated heterocycles. The number of rotatable bonds is 1. The number of nitrogens with zero attached hydrogens (tertiary/aromatic N) is 1. The van der Waals surface area contributed by atoms with Crippen molar-refractivity contribution in [2.24, 2.45) is 0 Å². The van der Waals surface area contributed by atoms with Crippen molar-refractivity contribution in [2.75, 3.05) is 0 Å². The molecule has 0 amide bonds. The fraction of sp³-hybridized carbons (Fsp3) is 0.222. The average Bonchev–Trinajstić information content (AvgIpc) is 2.03. The smallest absolute Gasteiger partial charge is 0.248 e. The molecule has 62 valence electrons. The summed E-state index contributed by atoms with van der Waals surface area (Å²) in [5, 5.41) is 0.